The highest BCUT2D eigenvalue weighted by Gasteiger charge is 2.06. The summed E-state index contributed by atoms with van der Waals surface area (Å²) in [6.45, 7) is 5.25. The number of hydrogen-bond acceptors (Lipinski definition) is 2. The van der Waals surface area contributed by atoms with Gasteiger partial charge in [0.2, 0.25) is 0 Å². The van der Waals surface area contributed by atoms with Crippen molar-refractivity contribution < 1.29 is 14.5 Å². The van der Waals surface area contributed by atoms with E-state index in [-0.39, 0.29) is 0 Å². The maximum atomic E-state index is 9.66. The molecular formula is C5H10O3S. The zero-order valence-corrected chi connectivity index (χ0v) is 6.27. The van der Waals surface area contributed by atoms with Crippen LogP contribution in [0.15, 0.2) is 12.7 Å². The van der Waals surface area contributed by atoms with Crippen molar-refractivity contribution in [3.63, 3.8) is 0 Å². The lowest BCUT2D eigenvalue weighted by atomic mass is 10.8. The molecule has 0 aliphatic heterocycles. The van der Waals surface area contributed by atoms with Crippen LogP contribution in [0.5, 0.6) is 0 Å². The van der Waals surface area contributed by atoms with E-state index in [0.717, 1.165) is 6.26 Å². The maximum Gasteiger partial charge on any atom is 0.520 e. The van der Waals surface area contributed by atoms with Gasteiger partial charge in [-0.05, 0) is 6.92 Å². The molecule has 0 radical (unpaired) electrons. The van der Waals surface area contributed by atoms with Crippen LogP contribution in [0.4, 0.5) is 4.79 Å². The third-order valence-corrected chi connectivity index (χ3v) is 0.738. The molecule has 0 amide bonds. The zero-order chi connectivity index (χ0) is 7.86. The molecule has 0 aliphatic rings. The van der Waals surface area contributed by atoms with E-state index in [4.69, 9.17) is 5.11 Å². The molecule has 4 heteroatoms. The van der Waals surface area contributed by atoms with Crippen molar-refractivity contribution >= 4 is 16.5 Å². The summed E-state index contributed by atoms with van der Waals surface area (Å²) < 4.78 is 9.66. The van der Waals surface area contributed by atoms with E-state index in [1.54, 1.807) is 6.08 Å². The van der Waals surface area contributed by atoms with Crippen LogP contribution in [0, 0.1) is 0 Å². The highest BCUT2D eigenvalue weighted by atomic mass is 32.2. The van der Waals surface area contributed by atoms with Gasteiger partial charge in [0, 0.05) is 0 Å². The molecular weight excluding hydrogens is 140 g/mol. The average molecular weight is 150 g/mol. The standard InChI is InChI=1S/C3H6.C2H4O3S/c1-3-2;1-6(5)2(3)4/h3H,1H2,2H3;1H3,(H,3,4). The van der Waals surface area contributed by atoms with Crippen LogP contribution in [-0.4, -0.2) is 21.2 Å². The highest BCUT2D eigenvalue weighted by Crippen LogP contribution is 1.80. The maximum absolute atomic E-state index is 9.66. The van der Waals surface area contributed by atoms with E-state index in [1.807, 2.05) is 6.92 Å². The fourth-order valence-electron chi connectivity index (χ4n) is 0. The summed E-state index contributed by atoms with van der Waals surface area (Å²) in [6.07, 6.45) is 2.86. The number of rotatable bonds is 0. The lowest BCUT2D eigenvalue weighted by Gasteiger charge is -1.90. The molecule has 0 rings (SSSR count). The molecule has 0 aromatic carbocycles. The normalized spacial score (nSPS) is 10.6. The lowest BCUT2D eigenvalue weighted by Crippen LogP contribution is -2.07. The van der Waals surface area contributed by atoms with Crippen molar-refractivity contribution in [1.82, 2.24) is 0 Å². The highest BCUT2D eigenvalue weighted by molar-refractivity contribution is 8.04. The molecule has 0 aliphatic carbocycles. The quantitative estimate of drug-likeness (QED) is 0.417. The fourth-order valence-corrected chi connectivity index (χ4v) is 0. The molecule has 0 bridgehead atoms. The third-order valence-electron chi connectivity index (χ3n) is 0.246. The summed E-state index contributed by atoms with van der Waals surface area (Å²) in [6, 6.07) is 0. The van der Waals surface area contributed by atoms with Gasteiger partial charge in [-0.1, -0.05) is 6.08 Å². The van der Waals surface area contributed by atoms with Gasteiger partial charge in [0.25, 0.3) is 0 Å². The minimum absolute atomic E-state index is 1.11. The Labute approximate surface area is 57.6 Å². The van der Waals surface area contributed by atoms with Gasteiger partial charge in [-0.25, -0.2) is 0 Å². The van der Waals surface area contributed by atoms with Crippen LogP contribution < -0.4 is 0 Å². The summed E-state index contributed by atoms with van der Waals surface area (Å²) >= 11 is -1.70. The summed E-state index contributed by atoms with van der Waals surface area (Å²) in [7, 11) is 0. The van der Waals surface area contributed by atoms with Gasteiger partial charge in [0.05, 0.1) is 11.2 Å². The second-order valence-corrected chi connectivity index (χ2v) is 2.39. The van der Waals surface area contributed by atoms with E-state index < -0.39 is 16.5 Å². The summed E-state index contributed by atoms with van der Waals surface area (Å²) in [5.41, 5.74) is 0. The van der Waals surface area contributed by atoms with Gasteiger partial charge in [-0.15, -0.1) is 6.58 Å². The van der Waals surface area contributed by atoms with Gasteiger partial charge in [0.1, 0.15) is 6.26 Å². The van der Waals surface area contributed by atoms with Crippen LogP contribution in [-0.2, 0) is 11.2 Å². The Morgan fingerprint density at radius 2 is 2.00 bits per heavy atom. The van der Waals surface area contributed by atoms with Gasteiger partial charge in [-0.2, -0.15) is 4.79 Å². The van der Waals surface area contributed by atoms with Crippen LogP contribution >= 0.6 is 0 Å². The van der Waals surface area contributed by atoms with E-state index >= 15 is 0 Å². The molecule has 0 heterocycles. The summed E-state index contributed by atoms with van der Waals surface area (Å²) in [4.78, 5) is 9.40. The first-order valence-corrected chi connectivity index (χ1v) is 3.75. The molecule has 0 aromatic heterocycles. The Hall–Kier alpha value is -0.480. The molecule has 9 heavy (non-hydrogen) atoms. The van der Waals surface area contributed by atoms with E-state index in [2.05, 4.69) is 6.58 Å². The Kier molecular flexibility index (Phi) is 9.47. The molecule has 0 aromatic rings. The molecule has 0 fully saturated rings. The predicted molar refractivity (Wildman–Crippen MR) is 38.0 cm³/mol. The molecule has 3 nitrogen and oxygen atoms in total. The Bertz CT molecular complexity index is 90.2. The van der Waals surface area contributed by atoms with Crippen LogP contribution in [0.25, 0.3) is 0 Å². The van der Waals surface area contributed by atoms with Crippen LogP contribution in [0.2, 0.25) is 0 Å². The Morgan fingerprint density at radius 3 is 2.00 bits per heavy atom. The van der Waals surface area contributed by atoms with E-state index in [1.165, 1.54) is 0 Å². The predicted octanol–water partition coefficient (Wildman–Crippen LogP) is 1.24. The third kappa shape index (κ3) is 18.5. The van der Waals surface area contributed by atoms with Crippen molar-refractivity contribution in [3.05, 3.63) is 12.7 Å². The molecule has 0 saturated heterocycles. The SMILES string of the molecule is C=CC.C[S+]([O-])C(=O)O. The van der Waals surface area contributed by atoms with Gasteiger partial charge in [0.15, 0.2) is 0 Å². The zero-order valence-electron chi connectivity index (χ0n) is 5.46. The average Bonchev–Trinajstić information content (AvgIpc) is 1.68. The monoisotopic (exact) mass is 150 g/mol. The topological polar surface area (TPSA) is 60.4 Å². The molecule has 0 saturated carbocycles. The summed E-state index contributed by atoms with van der Waals surface area (Å²) in [5, 5.41) is 6.42. The number of allylic oxidation sites excluding steroid dienone is 1. The first-order valence-electron chi connectivity index (χ1n) is 2.19. The molecule has 1 unspecified atom stereocenters. The number of carboxylic acid groups (broad SMARTS) is 1. The van der Waals surface area contributed by atoms with Crippen molar-refractivity contribution in [1.29, 1.82) is 0 Å². The summed E-state index contributed by atoms with van der Waals surface area (Å²) in [5.74, 6) is 0. The number of carbonyl (C=O) groups is 1. The van der Waals surface area contributed by atoms with E-state index in [0.29, 0.717) is 0 Å². The minimum atomic E-state index is -1.70. The van der Waals surface area contributed by atoms with Crippen molar-refractivity contribution in [2.24, 2.45) is 0 Å². The van der Waals surface area contributed by atoms with Gasteiger partial charge in [-0.3, -0.25) is 0 Å². The fraction of sp³-hybridized carbons (Fsp3) is 0.400. The first kappa shape index (κ1) is 11.3. The second-order valence-electron chi connectivity index (χ2n) is 1.13. The largest absolute Gasteiger partial charge is 0.606 e. The Morgan fingerprint density at radius 1 is 1.89 bits per heavy atom. The van der Waals surface area contributed by atoms with Crippen molar-refractivity contribution in [3.8, 4) is 0 Å². The lowest BCUT2D eigenvalue weighted by molar-refractivity contribution is 0.219. The Balaban J connectivity index is 0. The smallest absolute Gasteiger partial charge is 0.520 e. The number of hydrogen-bond donors (Lipinski definition) is 1. The van der Waals surface area contributed by atoms with Crippen molar-refractivity contribution in [2.45, 2.75) is 6.92 Å². The molecule has 1 atom stereocenters. The van der Waals surface area contributed by atoms with Crippen LogP contribution in [0.3, 0.4) is 0 Å². The second kappa shape index (κ2) is 7.52. The van der Waals surface area contributed by atoms with Gasteiger partial charge >= 0.3 is 5.30 Å². The van der Waals surface area contributed by atoms with Crippen LogP contribution in [0.1, 0.15) is 6.92 Å². The van der Waals surface area contributed by atoms with Crippen molar-refractivity contribution in [2.75, 3.05) is 6.26 Å². The molecule has 1 N–H and O–H groups in total. The molecule has 0 spiro atoms. The molecule has 54 valence electrons. The van der Waals surface area contributed by atoms with Gasteiger partial charge < -0.3 is 9.66 Å². The van der Waals surface area contributed by atoms with E-state index in [9.17, 15) is 9.35 Å². The first-order chi connectivity index (χ1) is 4.06. The minimum Gasteiger partial charge on any atom is -0.606 e.